The summed E-state index contributed by atoms with van der Waals surface area (Å²) in [5, 5.41) is 48.1. The van der Waals surface area contributed by atoms with Crippen molar-refractivity contribution >= 4 is 11.9 Å². The SMILES string of the molecule is O=C(O)CCCCCCc1cc(CCCCCCC(=O)O)c2c(c1)O[C@H](c1ccc(O)c(O)c1)[C@H](O)C2. The van der Waals surface area contributed by atoms with Gasteiger partial charge in [0.05, 0.1) is 6.10 Å². The summed E-state index contributed by atoms with van der Waals surface area (Å²) in [5.74, 6) is -1.32. The first kappa shape index (κ1) is 28.3. The van der Waals surface area contributed by atoms with E-state index in [-0.39, 0.29) is 24.3 Å². The quantitative estimate of drug-likeness (QED) is 0.159. The zero-order chi connectivity index (χ0) is 26.8. The molecule has 3 rings (SSSR count). The van der Waals surface area contributed by atoms with Gasteiger partial charge in [0.1, 0.15) is 11.9 Å². The second-order valence-electron chi connectivity index (χ2n) is 9.91. The van der Waals surface area contributed by atoms with Gasteiger partial charge in [0.25, 0.3) is 0 Å². The highest BCUT2D eigenvalue weighted by atomic mass is 16.5. The number of aliphatic carboxylic acids is 2. The van der Waals surface area contributed by atoms with Crippen molar-refractivity contribution in [2.24, 2.45) is 0 Å². The molecule has 5 N–H and O–H groups in total. The highest BCUT2D eigenvalue weighted by molar-refractivity contribution is 5.66. The Morgan fingerprint density at radius 1 is 0.784 bits per heavy atom. The van der Waals surface area contributed by atoms with Crippen LogP contribution in [0.25, 0.3) is 0 Å². The van der Waals surface area contributed by atoms with E-state index in [4.69, 9.17) is 14.9 Å². The summed E-state index contributed by atoms with van der Waals surface area (Å²) in [6, 6.07) is 8.62. The number of benzene rings is 2. The van der Waals surface area contributed by atoms with E-state index in [2.05, 4.69) is 6.07 Å². The van der Waals surface area contributed by atoms with Crippen molar-refractivity contribution in [2.75, 3.05) is 0 Å². The lowest BCUT2D eigenvalue weighted by atomic mass is 9.88. The van der Waals surface area contributed by atoms with Crippen LogP contribution in [0.4, 0.5) is 0 Å². The molecule has 2 aromatic carbocycles. The van der Waals surface area contributed by atoms with E-state index in [1.807, 2.05) is 6.07 Å². The number of aliphatic hydroxyl groups is 1. The number of phenolic OH excluding ortho intramolecular Hbond substituents is 2. The molecular weight excluding hydrogens is 476 g/mol. The highest BCUT2D eigenvalue weighted by Crippen LogP contribution is 2.40. The Balaban J connectivity index is 1.72. The summed E-state index contributed by atoms with van der Waals surface area (Å²) < 4.78 is 6.28. The number of carboxylic acid groups (broad SMARTS) is 2. The number of aliphatic hydroxyl groups excluding tert-OH is 1. The van der Waals surface area contributed by atoms with Crippen molar-refractivity contribution in [2.45, 2.75) is 95.7 Å². The average molecular weight is 515 g/mol. The number of aryl methyl sites for hydroxylation is 2. The van der Waals surface area contributed by atoms with E-state index in [1.54, 1.807) is 6.07 Å². The second-order valence-corrected chi connectivity index (χ2v) is 9.91. The fourth-order valence-electron chi connectivity index (χ4n) is 4.91. The van der Waals surface area contributed by atoms with Crippen LogP contribution >= 0.6 is 0 Å². The minimum Gasteiger partial charge on any atom is -0.504 e. The molecule has 0 aromatic heterocycles. The molecule has 0 saturated heterocycles. The Hall–Kier alpha value is -3.26. The lowest BCUT2D eigenvalue weighted by Gasteiger charge is -2.33. The van der Waals surface area contributed by atoms with E-state index < -0.39 is 24.1 Å². The zero-order valence-electron chi connectivity index (χ0n) is 21.2. The van der Waals surface area contributed by atoms with Gasteiger partial charge < -0.3 is 30.3 Å². The number of ether oxygens (including phenoxy) is 1. The van der Waals surface area contributed by atoms with Crippen LogP contribution in [0.15, 0.2) is 30.3 Å². The second kappa shape index (κ2) is 13.9. The topological polar surface area (TPSA) is 145 Å². The lowest BCUT2D eigenvalue weighted by molar-refractivity contribution is -0.138. The van der Waals surface area contributed by atoms with Gasteiger partial charge in [0.15, 0.2) is 11.5 Å². The minimum absolute atomic E-state index is 0.186. The van der Waals surface area contributed by atoms with Crippen LogP contribution in [0.3, 0.4) is 0 Å². The van der Waals surface area contributed by atoms with Crippen LogP contribution in [0.2, 0.25) is 0 Å². The van der Waals surface area contributed by atoms with E-state index in [0.29, 0.717) is 30.6 Å². The molecule has 2 aromatic rings. The number of aromatic hydroxyl groups is 2. The van der Waals surface area contributed by atoms with Crippen molar-refractivity contribution < 1.29 is 39.9 Å². The third-order valence-electron chi connectivity index (χ3n) is 6.90. The normalized spacial score (nSPS) is 16.7. The summed E-state index contributed by atoms with van der Waals surface area (Å²) >= 11 is 0. The van der Waals surface area contributed by atoms with Gasteiger partial charge in [-0.25, -0.2) is 0 Å². The monoisotopic (exact) mass is 514 g/mol. The van der Waals surface area contributed by atoms with Gasteiger partial charge >= 0.3 is 11.9 Å². The molecule has 0 aliphatic carbocycles. The van der Waals surface area contributed by atoms with Crippen LogP contribution < -0.4 is 4.74 Å². The Morgan fingerprint density at radius 3 is 2.03 bits per heavy atom. The van der Waals surface area contributed by atoms with Crippen LogP contribution in [-0.2, 0) is 28.9 Å². The minimum atomic E-state index is -0.814. The first-order valence-electron chi connectivity index (χ1n) is 13.2. The summed E-state index contributed by atoms with van der Waals surface area (Å²) in [7, 11) is 0. The molecule has 8 nitrogen and oxygen atoms in total. The lowest BCUT2D eigenvalue weighted by Crippen LogP contribution is -2.31. The standard InChI is InChI=1S/C29H38O8/c30-23-14-13-21(17-24(23)31)29-25(32)18-22-20(10-6-2-4-8-12-28(35)36)15-19(16-26(22)37-29)9-5-1-3-7-11-27(33)34/h13-17,25,29-32H,1-12,18H2,(H,33,34)(H,35,36)/t25-,29-/m1/s1. The Kier molecular flexibility index (Phi) is 10.6. The van der Waals surface area contributed by atoms with Crippen LogP contribution in [0.5, 0.6) is 17.2 Å². The maximum Gasteiger partial charge on any atom is 0.303 e. The Bertz CT molecular complexity index is 1060. The molecule has 0 fully saturated rings. The summed E-state index contributed by atoms with van der Waals surface area (Å²) in [4.78, 5) is 21.4. The number of unbranched alkanes of at least 4 members (excludes halogenated alkanes) is 6. The maximum atomic E-state index is 10.9. The third kappa shape index (κ3) is 8.67. The molecule has 2 atom stereocenters. The number of carboxylic acids is 2. The molecule has 202 valence electrons. The number of fused-ring (bicyclic) bond motifs is 1. The van der Waals surface area contributed by atoms with Gasteiger partial charge in [0.2, 0.25) is 0 Å². The molecule has 0 unspecified atom stereocenters. The van der Waals surface area contributed by atoms with E-state index in [1.165, 1.54) is 12.1 Å². The number of rotatable bonds is 15. The van der Waals surface area contributed by atoms with E-state index in [0.717, 1.165) is 68.1 Å². The zero-order valence-corrected chi connectivity index (χ0v) is 21.2. The fourth-order valence-corrected chi connectivity index (χ4v) is 4.91. The molecule has 0 saturated carbocycles. The van der Waals surface area contributed by atoms with Gasteiger partial charge in [-0.2, -0.15) is 0 Å². The van der Waals surface area contributed by atoms with Crippen LogP contribution in [0, 0.1) is 0 Å². The van der Waals surface area contributed by atoms with Crippen LogP contribution in [-0.4, -0.2) is 43.6 Å². The summed E-state index contributed by atoms with van der Waals surface area (Å²) in [6.07, 6.45) is 7.73. The molecule has 1 aliphatic heterocycles. The van der Waals surface area contributed by atoms with Crippen molar-refractivity contribution in [1.82, 2.24) is 0 Å². The predicted octanol–water partition coefficient (Wildman–Crippen LogP) is 5.29. The van der Waals surface area contributed by atoms with Gasteiger partial charge in [-0.15, -0.1) is 0 Å². The molecule has 37 heavy (non-hydrogen) atoms. The van der Waals surface area contributed by atoms with Gasteiger partial charge in [-0.1, -0.05) is 37.8 Å². The van der Waals surface area contributed by atoms with Crippen molar-refractivity contribution in [3.63, 3.8) is 0 Å². The molecular formula is C29H38O8. The summed E-state index contributed by atoms with van der Waals surface area (Å²) in [6.45, 7) is 0. The highest BCUT2D eigenvalue weighted by Gasteiger charge is 2.32. The number of hydrogen-bond donors (Lipinski definition) is 5. The van der Waals surface area contributed by atoms with Gasteiger partial charge in [-0.05, 0) is 73.4 Å². The first-order valence-corrected chi connectivity index (χ1v) is 13.2. The third-order valence-corrected chi connectivity index (χ3v) is 6.90. The van der Waals surface area contributed by atoms with E-state index >= 15 is 0 Å². The Morgan fingerprint density at radius 2 is 1.41 bits per heavy atom. The maximum absolute atomic E-state index is 10.9. The average Bonchev–Trinajstić information content (AvgIpc) is 2.84. The number of hydrogen-bond acceptors (Lipinski definition) is 6. The summed E-state index contributed by atoms with van der Waals surface area (Å²) in [5.41, 5.74) is 3.81. The number of carbonyl (C=O) groups is 2. The molecule has 8 heteroatoms. The molecule has 0 bridgehead atoms. The molecule has 0 radical (unpaired) electrons. The fraction of sp³-hybridized carbons (Fsp3) is 0.517. The van der Waals surface area contributed by atoms with Gasteiger partial charge in [-0.3, -0.25) is 9.59 Å². The smallest absolute Gasteiger partial charge is 0.303 e. The molecule has 0 spiro atoms. The molecule has 0 amide bonds. The molecule has 1 heterocycles. The van der Waals surface area contributed by atoms with Crippen molar-refractivity contribution in [3.05, 3.63) is 52.6 Å². The predicted molar refractivity (Wildman–Crippen MR) is 138 cm³/mol. The van der Waals surface area contributed by atoms with E-state index in [9.17, 15) is 24.9 Å². The Labute approximate surface area is 217 Å². The number of phenols is 2. The van der Waals surface area contributed by atoms with Crippen LogP contribution in [0.1, 0.15) is 92.6 Å². The van der Waals surface area contributed by atoms with Crippen molar-refractivity contribution in [3.8, 4) is 17.2 Å². The first-order chi connectivity index (χ1) is 17.7. The molecule has 1 aliphatic rings. The van der Waals surface area contributed by atoms with Gasteiger partial charge in [0, 0.05) is 24.8 Å². The van der Waals surface area contributed by atoms with Crippen molar-refractivity contribution in [1.29, 1.82) is 0 Å². The largest absolute Gasteiger partial charge is 0.504 e.